The van der Waals surface area contributed by atoms with Crippen molar-refractivity contribution in [1.29, 1.82) is 5.26 Å². The predicted octanol–water partition coefficient (Wildman–Crippen LogP) is 1.24. The fourth-order valence-corrected chi connectivity index (χ4v) is 1.58. The molecule has 0 aliphatic rings. The van der Waals surface area contributed by atoms with Crippen molar-refractivity contribution in [1.82, 2.24) is 10.3 Å². The van der Waals surface area contributed by atoms with E-state index < -0.39 is 17.9 Å². The second-order valence-electron chi connectivity index (χ2n) is 4.09. The molecule has 2 N–H and O–H groups in total. The van der Waals surface area contributed by atoms with Crippen molar-refractivity contribution in [3.05, 3.63) is 29.1 Å². The van der Waals surface area contributed by atoms with Gasteiger partial charge in [0, 0.05) is 0 Å². The van der Waals surface area contributed by atoms with Gasteiger partial charge >= 0.3 is 5.97 Å². The summed E-state index contributed by atoms with van der Waals surface area (Å²) >= 11 is 0. The first kappa shape index (κ1) is 14.6. The minimum Gasteiger partial charge on any atom is -0.480 e. The zero-order valence-corrected chi connectivity index (χ0v) is 10.8. The molecule has 0 aliphatic carbocycles. The summed E-state index contributed by atoms with van der Waals surface area (Å²) in [7, 11) is 0. The molecular weight excluding hydrogens is 246 g/mol. The van der Waals surface area contributed by atoms with Crippen LogP contribution in [0.4, 0.5) is 0 Å². The fraction of sp³-hybridized carbons (Fsp3) is 0.385. The van der Waals surface area contributed by atoms with Gasteiger partial charge < -0.3 is 10.4 Å². The lowest BCUT2D eigenvalue weighted by molar-refractivity contribution is -0.139. The van der Waals surface area contributed by atoms with Gasteiger partial charge in [-0.25, -0.2) is 9.78 Å². The number of hydrogen-bond acceptors (Lipinski definition) is 4. The molecular formula is C13H15N3O3. The largest absolute Gasteiger partial charge is 0.480 e. The van der Waals surface area contributed by atoms with E-state index in [0.29, 0.717) is 24.1 Å². The summed E-state index contributed by atoms with van der Waals surface area (Å²) in [5, 5.41) is 20.1. The monoisotopic (exact) mass is 261 g/mol. The van der Waals surface area contributed by atoms with Crippen LogP contribution in [0.2, 0.25) is 0 Å². The molecule has 1 aromatic rings. The Morgan fingerprint density at radius 1 is 1.53 bits per heavy atom. The third-order valence-electron chi connectivity index (χ3n) is 2.62. The summed E-state index contributed by atoms with van der Waals surface area (Å²) < 4.78 is 0. The molecule has 0 spiro atoms. The van der Waals surface area contributed by atoms with Gasteiger partial charge in [-0.3, -0.25) is 4.79 Å². The molecule has 0 aliphatic heterocycles. The average molecular weight is 261 g/mol. The molecule has 100 valence electrons. The molecule has 0 saturated carbocycles. The number of carbonyl (C=O) groups excluding carboxylic acids is 1. The van der Waals surface area contributed by atoms with Gasteiger partial charge in [-0.15, -0.1) is 0 Å². The van der Waals surface area contributed by atoms with E-state index in [9.17, 15) is 9.59 Å². The first-order valence-electron chi connectivity index (χ1n) is 5.91. The van der Waals surface area contributed by atoms with Crippen LogP contribution in [0.1, 0.15) is 41.5 Å². The summed E-state index contributed by atoms with van der Waals surface area (Å²) in [4.78, 5) is 26.8. The van der Waals surface area contributed by atoms with Gasteiger partial charge in [-0.1, -0.05) is 13.3 Å². The maximum absolute atomic E-state index is 11.9. The number of aryl methyl sites for hydroxylation is 1. The van der Waals surface area contributed by atoms with Crippen molar-refractivity contribution in [2.45, 2.75) is 32.7 Å². The van der Waals surface area contributed by atoms with E-state index in [2.05, 4.69) is 10.3 Å². The standard InChI is InChI=1S/C13H15N3O3/c1-3-4-11(13(18)19)16-12(17)10-6-5-9(7-14)8(2)15-10/h5-6,11H,3-4H2,1-2H3,(H,16,17)(H,18,19)/t11-/m1/s1. The van der Waals surface area contributed by atoms with Gasteiger partial charge in [0.25, 0.3) is 5.91 Å². The van der Waals surface area contributed by atoms with E-state index >= 15 is 0 Å². The number of carboxylic acid groups (broad SMARTS) is 1. The van der Waals surface area contributed by atoms with Gasteiger partial charge in [0.05, 0.1) is 11.3 Å². The second-order valence-corrected chi connectivity index (χ2v) is 4.09. The Kier molecular flexibility index (Phi) is 5.01. The number of nitrogens with one attached hydrogen (secondary N) is 1. The summed E-state index contributed by atoms with van der Waals surface area (Å²) in [6, 6.07) is 3.93. The molecule has 1 heterocycles. The molecule has 0 fully saturated rings. The van der Waals surface area contributed by atoms with Gasteiger partial charge in [0.15, 0.2) is 0 Å². The second kappa shape index (κ2) is 6.50. The lowest BCUT2D eigenvalue weighted by Crippen LogP contribution is -2.41. The van der Waals surface area contributed by atoms with Crippen LogP contribution in [0.25, 0.3) is 0 Å². The van der Waals surface area contributed by atoms with E-state index in [-0.39, 0.29) is 5.69 Å². The summed E-state index contributed by atoms with van der Waals surface area (Å²) in [6.45, 7) is 3.46. The van der Waals surface area contributed by atoms with Crippen molar-refractivity contribution in [3.63, 3.8) is 0 Å². The summed E-state index contributed by atoms with van der Waals surface area (Å²) in [5.41, 5.74) is 0.941. The molecule has 0 unspecified atom stereocenters. The van der Waals surface area contributed by atoms with Crippen LogP contribution < -0.4 is 5.32 Å². The van der Waals surface area contributed by atoms with E-state index in [1.165, 1.54) is 12.1 Å². The van der Waals surface area contributed by atoms with E-state index in [1.807, 2.05) is 13.0 Å². The zero-order valence-electron chi connectivity index (χ0n) is 10.8. The number of aromatic nitrogens is 1. The number of aliphatic carboxylic acids is 1. The highest BCUT2D eigenvalue weighted by Gasteiger charge is 2.20. The van der Waals surface area contributed by atoms with E-state index in [1.54, 1.807) is 6.92 Å². The molecule has 0 aromatic carbocycles. The molecule has 1 rings (SSSR count). The van der Waals surface area contributed by atoms with Crippen molar-refractivity contribution in [2.24, 2.45) is 0 Å². The molecule has 6 nitrogen and oxygen atoms in total. The minimum atomic E-state index is -1.07. The van der Waals surface area contributed by atoms with Crippen LogP contribution in [0.5, 0.6) is 0 Å². The van der Waals surface area contributed by atoms with Crippen LogP contribution in [0, 0.1) is 18.3 Å². The van der Waals surface area contributed by atoms with Gasteiger partial charge in [-0.2, -0.15) is 5.26 Å². The molecule has 1 aromatic heterocycles. The Morgan fingerprint density at radius 2 is 2.21 bits per heavy atom. The SMILES string of the molecule is CCC[C@@H](NC(=O)c1ccc(C#N)c(C)n1)C(=O)O. The van der Waals surface area contributed by atoms with Crippen molar-refractivity contribution >= 4 is 11.9 Å². The Labute approximate surface area is 111 Å². The molecule has 0 saturated heterocycles. The minimum absolute atomic E-state index is 0.110. The topological polar surface area (TPSA) is 103 Å². The normalized spacial score (nSPS) is 11.4. The molecule has 1 atom stereocenters. The van der Waals surface area contributed by atoms with Crippen molar-refractivity contribution < 1.29 is 14.7 Å². The number of rotatable bonds is 5. The number of carboxylic acids is 1. The third kappa shape index (κ3) is 3.78. The number of pyridine rings is 1. The lowest BCUT2D eigenvalue weighted by atomic mass is 10.1. The van der Waals surface area contributed by atoms with Crippen molar-refractivity contribution in [3.8, 4) is 6.07 Å². The highest BCUT2D eigenvalue weighted by molar-refractivity contribution is 5.95. The maximum Gasteiger partial charge on any atom is 0.326 e. The lowest BCUT2D eigenvalue weighted by Gasteiger charge is -2.13. The highest BCUT2D eigenvalue weighted by Crippen LogP contribution is 2.06. The number of nitriles is 1. The number of nitrogens with zero attached hydrogens (tertiary/aromatic N) is 2. The quantitative estimate of drug-likeness (QED) is 0.830. The molecule has 0 bridgehead atoms. The first-order chi connectivity index (χ1) is 8.99. The van der Waals surface area contributed by atoms with E-state index in [0.717, 1.165) is 0 Å². The molecule has 6 heteroatoms. The number of amides is 1. The number of hydrogen-bond donors (Lipinski definition) is 2. The highest BCUT2D eigenvalue weighted by atomic mass is 16.4. The van der Waals surface area contributed by atoms with Crippen molar-refractivity contribution in [2.75, 3.05) is 0 Å². The molecule has 19 heavy (non-hydrogen) atoms. The Morgan fingerprint density at radius 3 is 2.68 bits per heavy atom. The zero-order chi connectivity index (χ0) is 14.4. The van der Waals surface area contributed by atoms with Crippen LogP contribution in [0.15, 0.2) is 12.1 Å². The van der Waals surface area contributed by atoms with Gasteiger partial charge in [0.2, 0.25) is 0 Å². The summed E-state index contributed by atoms with van der Waals surface area (Å²) in [5.74, 6) is -1.62. The van der Waals surface area contributed by atoms with Crippen LogP contribution >= 0.6 is 0 Å². The first-order valence-corrected chi connectivity index (χ1v) is 5.91. The predicted molar refractivity (Wildman–Crippen MR) is 67.5 cm³/mol. The van der Waals surface area contributed by atoms with Crippen LogP contribution in [0.3, 0.4) is 0 Å². The van der Waals surface area contributed by atoms with Gasteiger partial charge in [-0.05, 0) is 25.5 Å². The van der Waals surface area contributed by atoms with Crippen LogP contribution in [-0.4, -0.2) is 28.0 Å². The maximum atomic E-state index is 11.9. The fourth-order valence-electron chi connectivity index (χ4n) is 1.58. The Balaban J connectivity index is 2.86. The van der Waals surface area contributed by atoms with Gasteiger partial charge in [0.1, 0.15) is 17.8 Å². The molecule has 0 radical (unpaired) electrons. The molecule has 1 amide bonds. The third-order valence-corrected chi connectivity index (χ3v) is 2.62. The number of carbonyl (C=O) groups is 2. The Hall–Kier alpha value is -2.42. The van der Waals surface area contributed by atoms with E-state index in [4.69, 9.17) is 10.4 Å². The smallest absolute Gasteiger partial charge is 0.326 e. The Bertz CT molecular complexity index is 534. The van der Waals surface area contributed by atoms with Crippen LogP contribution in [-0.2, 0) is 4.79 Å². The average Bonchev–Trinajstić information content (AvgIpc) is 2.37. The summed E-state index contributed by atoms with van der Waals surface area (Å²) in [6.07, 6.45) is 1.01.